The van der Waals surface area contributed by atoms with Crippen LogP contribution in [0.25, 0.3) is 10.4 Å². The molecular formula is C25H25N4O2S. The largest absolute Gasteiger partial charge is 0.378 e. The first kappa shape index (κ1) is 20.7. The van der Waals surface area contributed by atoms with Gasteiger partial charge in [-0.1, -0.05) is 12.1 Å². The number of nitrogens with zero attached hydrogens (tertiary/aromatic N) is 3. The Morgan fingerprint density at radius 1 is 1.16 bits per heavy atom. The molecule has 3 heterocycles. The Bertz CT molecular complexity index is 1110. The van der Waals surface area contributed by atoms with E-state index >= 15 is 0 Å². The molecule has 2 aliphatic heterocycles. The Labute approximate surface area is 192 Å². The molecule has 0 spiro atoms. The van der Waals surface area contributed by atoms with Gasteiger partial charge in [-0.05, 0) is 60.3 Å². The summed E-state index contributed by atoms with van der Waals surface area (Å²) in [7, 11) is 0. The quantitative estimate of drug-likeness (QED) is 0.622. The second-order valence-electron chi connectivity index (χ2n) is 7.68. The number of morpholine rings is 1. The van der Waals surface area contributed by atoms with Crippen molar-refractivity contribution in [2.75, 3.05) is 48.0 Å². The zero-order valence-corrected chi connectivity index (χ0v) is 18.8. The van der Waals surface area contributed by atoms with Gasteiger partial charge in [0.25, 0.3) is 12.1 Å². The highest BCUT2D eigenvalue weighted by atomic mass is 32.1. The van der Waals surface area contributed by atoms with Crippen LogP contribution in [0, 0.1) is 6.17 Å². The van der Waals surface area contributed by atoms with Gasteiger partial charge in [0, 0.05) is 53.4 Å². The van der Waals surface area contributed by atoms with E-state index in [1.807, 2.05) is 31.2 Å². The summed E-state index contributed by atoms with van der Waals surface area (Å²) in [6, 6.07) is 18.5. The van der Waals surface area contributed by atoms with Gasteiger partial charge < -0.3 is 19.9 Å². The number of rotatable bonds is 5. The van der Waals surface area contributed by atoms with E-state index in [4.69, 9.17) is 4.74 Å². The van der Waals surface area contributed by atoms with Crippen molar-refractivity contribution in [3.05, 3.63) is 71.7 Å². The first-order chi connectivity index (χ1) is 15.7. The van der Waals surface area contributed by atoms with Crippen LogP contribution < -0.4 is 15.1 Å². The molecular weight excluding hydrogens is 420 g/mol. The standard InChI is InChI=1S/C25H25N4O2S/c1-2-29(21-8-6-20(7-9-21)28-11-13-31-14-12-28)25(30)24-26-17-19-16-18(5-10-22(19)27-24)23-4-3-15-32-23/h3-10,15-17,27H,2,11-14H2,1H3. The maximum atomic E-state index is 13.3. The first-order valence-electron chi connectivity index (χ1n) is 10.8. The normalized spacial score (nSPS) is 15.8. The van der Waals surface area contributed by atoms with Crippen LogP contribution in [0.4, 0.5) is 17.1 Å². The molecule has 3 aromatic rings. The predicted molar refractivity (Wildman–Crippen MR) is 132 cm³/mol. The summed E-state index contributed by atoms with van der Waals surface area (Å²) in [5, 5.41) is 5.29. The number of ether oxygens (including phenoxy) is 1. The second kappa shape index (κ2) is 9.14. The molecule has 0 bridgehead atoms. The second-order valence-corrected chi connectivity index (χ2v) is 8.62. The SMILES string of the molecule is CCN(C(=O)[C]1N=Cc2cc(-c3cccs3)ccc2N1)c1ccc(N2CCOCC2)cc1. The van der Waals surface area contributed by atoms with Gasteiger partial charge >= 0.3 is 0 Å². The number of thiophene rings is 1. The number of carbonyl (C=O) groups excluding carboxylic acids is 1. The van der Waals surface area contributed by atoms with Crippen LogP contribution in [0.15, 0.2) is 65.0 Å². The molecule has 32 heavy (non-hydrogen) atoms. The summed E-state index contributed by atoms with van der Waals surface area (Å²) < 4.78 is 5.43. The number of benzene rings is 2. The van der Waals surface area contributed by atoms with Gasteiger partial charge in [0.1, 0.15) is 0 Å². The van der Waals surface area contributed by atoms with Crippen molar-refractivity contribution in [2.45, 2.75) is 6.92 Å². The van der Waals surface area contributed by atoms with E-state index in [9.17, 15) is 4.79 Å². The van der Waals surface area contributed by atoms with Crippen molar-refractivity contribution in [3.63, 3.8) is 0 Å². The van der Waals surface area contributed by atoms with E-state index in [1.165, 1.54) is 4.88 Å². The van der Waals surface area contributed by atoms with Gasteiger partial charge in [-0.2, -0.15) is 0 Å². The third-order valence-electron chi connectivity index (χ3n) is 5.74. The Hall–Kier alpha value is -3.16. The number of anilines is 3. The molecule has 1 amide bonds. The number of hydrogen-bond acceptors (Lipinski definition) is 6. The van der Waals surface area contributed by atoms with Gasteiger partial charge in [-0.15, -0.1) is 11.3 Å². The minimum Gasteiger partial charge on any atom is -0.378 e. The van der Waals surface area contributed by atoms with Crippen molar-refractivity contribution in [1.29, 1.82) is 0 Å². The summed E-state index contributed by atoms with van der Waals surface area (Å²) in [4.78, 5) is 23.0. The highest BCUT2D eigenvalue weighted by Gasteiger charge is 2.28. The van der Waals surface area contributed by atoms with Crippen LogP contribution in [0.1, 0.15) is 12.5 Å². The van der Waals surface area contributed by atoms with Crippen molar-refractivity contribution < 1.29 is 9.53 Å². The van der Waals surface area contributed by atoms with Crippen LogP contribution in [-0.2, 0) is 9.53 Å². The molecule has 7 heteroatoms. The van der Waals surface area contributed by atoms with E-state index in [0.29, 0.717) is 12.7 Å². The van der Waals surface area contributed by atoms with E-state index in [-0.39, 0.29) is 5.91 Å². The summed E-state index contributed by atoms with van der Waals surface area (Å²) in [6.07, 6.45) is 2.10. The number of likely N-dealkylation sites (N-methyl/N-ethyl adjacent to an activating group) is 1. The number of nitrogens with one attached hydrogen (secondary N) is 1. The van der Waals surface area contributed by atoms with Crippen LogP contribution in [-0.4, -0.2) is 45.0 Å². The summed E-state index contributed by atoms with van der Waals surface area (Å²) in [5.74, 6) is -0.143. The Morgan fingerprint density at radius 2 is 1.97 bits per heavy atom. The summed E-state index contributed by atoms with van der Waals surface area (Å²) >= 11 is 1.71. The van der Waals surface area contributed by atoms with Gasteiger partial charge in [0.2, 0.25) is 0 Å². The number of amides is 1. The van der Waals surface area contributed by atoms with Crippen molar-refractivity contribution in [3.8, 4) is 10.4 Å². The average molecular weight is 446 g/mol. The number of aliphatic imine (C=N–C) groups is 1. The molecule has 1 N–H and O–H groups in total. The molecule has 163 valence electrons. The fraction of sp³-hybridized carbons (Fsp3) is 0.240. The first-order valence-corrected chi connectivity index (χ1v) is 11.7. The van der Waals surface area contributed by atoms with Crippen LogP contribution in [0.5, 0.6) is 0 Å². The highest BCUT2D eigenvalue weighted by molar-refractivity contribution is 7.13. The lowest BCUT2D eigenvalue weighted by molar-refractivity contribution is -0.116. The lowest BCUT2D eigenvalue weighted by Gasteiger charge is -2.30. The molecule has 1 radical (unpaired) electrons. The lowest BCUT2D eigenvalue weighted by Crippen LogP contribution is -2.38. The number of carbonyl (C=O) groups is 1. The predicted octanol–water partition coefficient (Wildman–Crippen LogP) is 4.64. The molecule has 1 fully saturated rings. The molecule has 0 saturated carbocycles. The monoisotopic (exact) mass is 445 g/mol. The van der Waals surface area contributed by atoms with Gasteiger partial charge in [-0.25, -0.2) is 0 Å². The van der Waals surface area contributed by atoms with Crippen LogP contribution >= 0.6 is 11.3 Å². The highest BCUT2D eigenvalue weighted by Crippen LogP contribution is 2.31. The number of hydrogen-bond donors (Lipinski definition) is 1. The third-order valence-corrected chi connectivity index (χ3v) is 6.66. The zero-order chi connectivity index (χ0) is 21.9. The Balaban J connectivity index is 1.31. The number of fused-ring (bicyclic) bond motifs is 1. The zero-order valence-electron chi connectivity index (χ0n) is 18.0. The summed E-state index contributed by atoms with van der Waals surface area (Å²) in [5.41, 5.74) is 5.03. The summed E-state index contributed by atoms with van der Waals surface area (Å²) in [6.45, 7) is 5.81. The Morgan fingerprint density at radius 3 is 2.69 bits per heavy atom. The van der Waals surface area contributed by atoms with E-state index in [0.717, 1.165) is 54.5 Å². The molecule has 6 nitrogen and oxygen atoms in total. The van der Waals surface area contributed by atoms with E-state index in [2.05, 4.69) is 50.9 Å². The molecule has 1 aromatic heterocycles. The van der Waals surface area contributed by atoms with E-state index < -0.39 is 0 Å². The van der Waals surface area contributed by atoms with Gasteiger partial charge in [0.15, 0.2) is 0 Å². The molecule has 0 aliphatic carbocycles. The minimum atomic E-state index is -0.143. The smallest absolute Gasteiger partial charge is 0.280 e. The fourth-order valence-corrected chi connectivity index (χ4v) is 4.74. The molecule has 2 aromatic carbocycles. The molecule has 0 unspecified atom stereocenters. The molecule has 5 rings (SSSR count). The maximum absolute atomic E-state index is 13.3. The van der Waals surface area contributed by atoms with Crippen LogP contribution in [0.2, 0.25) is 0 Å². The molecule has 2 aliphatic rings. The topological polar surface area (TPSA) is 57.2 Å². The third kappa shape index (κ3) is 4.13. The van der Waals surface area contributed by atoms with Crippen molar-refractivity contribution in [1.82, 2.24) is 0 Å². The maximum Gasteiger partial charge on any atom is 0.280 e. The minimum absolute atomic E-state index is 0.143. The van der Waals surface area contributed by atoms with Crippen molar-refractivity contribution >= 4 is 40.5 Å². The van der Waals surface area contributed by atoms with Gasteiger partial charge in [-0.3, -0.25) is 9.79 Å². The van der Waals surface area contributed by atoms with Crippen LogP contribution in [0.3, 0.4) is 0 Å². The van der Waals surface area contributed by atoms with E-state index in [1.54, 1.807) is 22.5 Å². The average Bonchev–Trinajstić information content (AvgIpc) is 3.40. The lowest BCUT2D eigenvalue weighted by atomic mass is 10.1. The molecule has 0 atom stereocenters. The van der Waals surface area contributed by atoms with Crippen molar-refractivity contribution in [2.24, 2.45) is 4.99 Å². The molecule has 1 saturated heterocycles. The van der Waals surface area contributed by atoms with Gasteiger partial charge in [0.05, 0.1) is 13.2 Å². The fourth-order valence-electron chi connectivity index (χ4n) is 4.02. The Kier molecular flexibility index (Phi) is 5.92.